The summed E-state index contributed by atoms with van der Waals surface area (Å²) in [6, 6.07) is 18.3. The minimum atomic E-state index is -0.586. The third-order valence-corrected chi connectivity index (χ3v) is 4.94. The molecule has 0 fully saturated rings. The van der Waals surface area contributed by atoms with E-state index < -0.39 is 5.97 Å². The summed E-state index contributed by atoms with van der Waals surface area (Å²) in [7, 11) is 0. The smallest absolute Gasteiger partial charge is 0.355 e. The Morgan fingerprint density at radius 2 is 1.89 bits per heavy atom. The summed E-state index contributed by atoms with van der Waals surface area (Å²) in [6.07, 6.45) is 1.63. The maximum Gasteiger partial charge on any atom is 0.355 e. The van der Waals surface area contributed by atoms with E-state index in [-0.39, 0.29) is 24.2 Å². The Morgan fingerprint density at radius 3 is 2.64 bits per heavy atom. The lowest BCUT2D eigenvalue weighted by Crippen LogP contribution is -2.43. The molecule has 0 saturated carbocycles. The van der Waals surface area contributed by atoms with Crippen LogP contribution in [0.4, 0.5) is 5.69 Å². The van der Waals surface area contributed by atoms with Crippen LogP contribution in [0.1, 0.15) is 22.1 Å². The zero-order valence-electron chi connectivity index (χ0n) is 14.8. The van der Waals surface area contributed by atoms with Gasteiger partial charge in [0.1, 0.15) is 18.1 Å². The lowest BCUT2D eigenvalue weighted by Gasteiger charge is -2.37. The van der Waals surface area contributed by atoms with Crippen molar-refractivity contribution in [2.24, 2.45) is 0 Å². The van der Waals surface area contributed by atoms with Gasteiger partial charge in [-0.1, -0.05) is 42.5 Å². The zero-order chi connectivity index (χ0) is 19.5. The van der Waals surface area contributed by atoms with Crippen molar-refractivity contribution in [1.29, 1.82) is 0 Å². The van der Waals surface area contributed by atoms with Crippen LogP contribution < -0.4 is 9.64 Å². The Labute approximate surface area is 170 Å². The molecule has 0 spiro atoms. The van der Waals surface area contributed by atoms with Crippen molar-refractivity contribution in [2.75, 3.05) is 18.1 Å². The summed E-state index contributed by atoms with van der Waals surface area (Å²) in [6.45, 7) is -0.0442. The molecule has 3 aromatic rings. The lowest BCUT2D eigenvalue weighted by molar-refractivity contribution is -0.122. The average Bonchev–Trinajstić information content (AvgIpc) is 3.18. The number of esters is 1. The fourth-order valence-corrected chi connectivity index (χ4v) is 3.52. The number of aromatic nitrogens is 1. The number of benzene rings is 2. The van der Waals surface area contributed by atoms with Crippen molar-refractivity contribution in [1.82, 2.24) is 4.98 Å². The van der Waals surface area contributed by atoms with Gasteiger partial charge in [0.15, 0.2) is 6.61 Å². The molecule has 1 unspecified atom stereocenters. The average molecular weight is 441 g/mol. The number of aromatic amines is 1. The number of rotatable bonds is 4. The molecule has 7 heteroatoms. The van der Waals surface area contributed by atoms with Crippen LogP contribution in [-0.4, -0.2) is 30.1 Å². The molecule has 0 saturated heterocycles. The van der Waals surface area contributed by atoms with Gasteiger partial charge in [-0.05, 0) is 39.7 Å². The fourth-order valence-electron chi connectivity index (χ4n) is 3.18. The highest BCUT2D eigenvalue weighted by Gasteiger charge is 2.33. The van der Waals surface area contributed by atoms with Crippen LogP contribution in [0.5, 0.6) is 5.75 Å². The number of carbonyl (C=O) groups is 2. The topological polar surface area (TPSA) is 71.6 Å². The number of hydrogen-bond acceptors (Lipinski definition) is 4. The first-order valence-electron chi connectivity index (χ1n) is 8.73. The molecular weight excluding hydrogens is 424 g/mol. The number of fused-ring (bicyclic) bond motifs is 1. The first kappa shape index (κ1) is 18.3. The number of H-pyrrole nitrogens is 1. The van der Waals surface area contributed by atoms with E-state index in [1.165, 1.54) is 0 Å². The Balaban J connectivity index is 1.58. The Bertz CT molecular complexity index is 1000. The number of para-hydroxylation sites is 2. The SMILES string of the molecule is O=C(OCC(=O)N1c2ccccc2OCC1c1ccccc1)c1cc(Br)c[nH]1. The lowest BCUT2D eigenvalue weighted by atomic mass is 10.0. The molecule has 4 rings (SSSR count). The standard InChI is InChI=1S/C21H17BrN2O4/c22-15-10-16(23-11-15)21(26)28-13-20(25)24-17-8-4-5-9-19(17)27-12-18(24)14-6-2-1-3-7-14/h1-11,18,23H,12-13H2. The van der Waals surface area contributed by atoms with Crippen molar-refractivity contribution in [3.63, 3.8) is 0 Å². The molecule has 2 heterocycles. The molecule has 2 aromatic carbocycles. The van der Waals surface area contributed by atoms with Gasteiger partial charge in [-0.3, -0.25) is 9.69 Å². The summed E-state index contributed by atoms with van der Waals surface area (Å²) < 4.78 is 11.8. The van der Waals surface area contributed by atoms with Crippen molar-refractivity contribution in [2.45, 2.75) is 6.04 Å². The predicted molar refractivity (Wildman–Crippen MR) is 107 cm³/mol. The first-order valence-corrected chi connectivity index (χ1v) is 9.52. The number of hydrogen-bond donors (Lipinski definition) is 1. The Hall–Kier alpha value is -3.06. The van der Waals surface area contributed by atoms with E-state index in [0.29, 0.717) is 18.0 Å². The molecule has 1 aliphatic rings. The van der Waals surface area contributed by atoms with Gasteiger partial charge in [-0.2, -0.15) is 0 Å². The molecule has 1 amide bonds. The summed E-state index contributed by atoms with van der Waals surface area (Å²) in [5, 5.41) is 0. The van der Waals surface area contributed by atoms with E-state index in [1.807, 2.05) is 54.6 Å². The number of ether oxygens (including phenoxy) is 2. The van der Waals surface area contributed by atoms with E-state index in [2.05, 4.69) is 20.9 Å². The molecule has 142 valence electrons. The second-order valence-electron chi connectivity index (χ2n) is 6.28. The molecular formula is C21H17BrN2O4. The van der Waals surface area contributed by atoms with E-state index in [1.54, 1.807) is 17.2 Å². The highest BCUT2D eigenvalue weighted by molar-refractivity contribution is 9.10. The minimum absolute atomic E-state index is 0.279. The van der Waals surface area contributed by atoms with Crippen molar-refractivity contribution >= 4 is 33.5 Å². The Kier molecular flexibility index (Phi) is 5.16. The highest BCUT2D eigenvalue weighted by atomic mass is 79.9. The van der Waals surface area contributed by atoms with E-state index in [9.17, 15) is 9.59 Å². The predicted octanol–water partition coefficient (Wildman–Crippen LogP) is 4.10. The molecule has 0 radical (unpaired) electrons. The number of nitrogens with zero attached hydrogens (tertiary/aromatic N) is 1. The van der Waals surface area contributed by atoms with Crippen LogP contribution in [0, 0.1) is 0 Å². The van der Waals surface area contributed by atoms with Crippen LogP contribution in [0.15, 0.2) is 71.3 Å². The number of amides is 1. The first-order chi connectivity index (χ1) is 13.6. The largest absolute Gasteiger partial charge is 0.489 e. The van der Waals surface area contributed by atoms with Crippen LogP contribution in [0.2, 0.25) is 0 Å². The van der Waals surface area contributed by atoms with Crippen molar-refractivity contribution in [3.05, 3.63) is 82.6 Å². The molecule has 1 N–H and O–H groups in total. The summed E-state index contributed by atoms with van der Waals surface area (Å²) in [5.41, 5.74) is 1.89. The highest BCUT2D eigenvalue weighted by Crippen LogP contribution is 2.39. The molecule has 1 atom stereocenters. The molecule has 6 nitrogen and oxygen atoms in total. The maximum absolute atomic E-state index is 13.1. The third kappa shape index (κ3) is 3.66. The van der Waals surface area contributed by atoms with Crippen molar-refractivity contribution in [3.8, 4) is 5.75 Å². The number of nitrogens with one attached hydrogen (secondary N) is 1. The second kappa shape index (κ2) is 7.90. The van der Waals surface area contributed by atoms with Gasteiger partial charge < -0.3 is 14.5 Å². The molecule has 1 aromatic heterocycles. The van der Waals surface area contributed by atoms with Crippen LogP contribution >= 0.6 is 15.9 Å². The molecule has 0 bridgehead atoms. The van der Waals surface area contributed by atoms with E-state index in [4.69, 9.17) is 9.47 Å². The molecule has 0 aliphatic carbocycles. The van der Waals surface area contributed by atoms with Gasteiger partial charge in [-0.25, -0.2) is 4.79 Å². The zero-order valence-corrected chi connectivity index (χ0v) is 16.4. The van der Waals surface area contributed by atoms with Crippen molar-refractivity contribution < 1.29 is 19.1 Å². The molecule has 1 aliphatic heterocycles. The quantitative estimate of drug-likeness (QED) is 0.619. The van der Waals surface area contributed by atoms with E-state index in [0.717, 1.165) is 10.0 Å². The second-order valence-corrected chi connectivity index (χ2v) is 7.19. The monoisotopic (exact) mass is 440 g/mol. The van der Waals surface area contributed by atoms with Crippen LogP contribution in [0.25, 0.3) is 0 Å². The van der Waals surface area contributed by atoms with Gasteiger partial charge in [0.25, 0.3) is 5.91 Å². The van der Waals surface area contributed by atoms with Gasteiger partial charge in [0.2, 0.25) is 0 Å². The van der Waals surface area contributed by atoms with E-state index >= 15 is 0 Å². The van der Waals surface area contributed by atoms with Crippen LogP contribution in [-0.2, 0) is 9.53 Å². The molecule has 28 heavy (non-hydrogen) atoms. The van der Waals surface area contributed by atoms with Crippen LogP contribution in [0.3, 0.4) is 0 Å². The third-order valence-electron chi connectivity index (χ3n) is 4.48. The van der Waals surface area contributed by atoms with Gasteiger partial charge in [0, 0.05) is 10.7 Å². The number of halogens is 1. The normalized spacial score (nSPS) is 15.5. The van der Waals surface area contributed by atoms with Gasteiger partial charge >= 0.3 is 5.97 Å². The summed E-state index contributed by atoms with van der Waals surface area (Å²) in [4.78, 5) is 29.7. The summed E-state index contributed by atoms with van der Waals surface area (Å²) >= 11 is 3.27. The maximum atomic E-state index is 13.1. The number of carbonyl (C=O) groups excluding carboxylic acids is 2. The minimum Gasteiger partial charge on any atom is -0.489 e. The fraction of sp³-hybridized carbons (Fsp3) is 0.143. The summed E-state index contributed by atoms with van der Waals surface area (Å²) in [5.74, 6) is -0.275. The van der Waals surface area contributed by atoms with Gasteiger partial charge in [0.05, 0.1) is 11.7 Å². The van der Waals surface area contributed by atoms with Gasteiger partial charge in [-0.15, -0.1) is 0 Å². The Morgan fingerprint density at radius 1 is 1.14 bits per heavy atom. The number of anilines is 1.